The minimum atomic E-state index is -0.221. The van der Waals surface area contributed by atoms with Crippen molar-refractivity contribution >= 4 is 5.91 Å². The summed E-state index contributed by atoms with van der Waals surface area (Å²) in [5.41, 5.74) is 3.07. The Morgan fingerprint density at radius 2 is 1.78 bits per heavy atom. The van der Waals surface area contributed by atoms with Gasteiger partial charge in [-0.2, -0.15) is 0 Å². The van der Waals surface area contributed by atoms with E-state index >= 15 is 0 Å². The van der Waals surface area contributed by atoms with Crippen molar-refractivity contribution in [2.24, 2.45) is 0 Å². The second kappa shape index (κ2) is 9.06. The Hall–Kier alpha value is -2.20. The van der Waals surface area contributed by atoms with Crippen LogP contribution in [0, 0.1) is 12.7 Å². The molecule has 0 atom stereocenters. The topological polar surface area (TPSA) is 41.1 Å². The van der Waals surface area contributed by atoms with Gasteiger partial charge in [-0.3, -0.25) is 4.79 Å². The highest BCUT2D eigenvalue weighted by molar-refractivity contribution is 5.76. The van der Waals surface area contributed by atoms with E-state index in [1.54, 1.807) is 18.2 Å². The second-order valence-electron chi connectivity index (χ2n) is 5.60. The van der Waals surface area contributed by atoms with Crippen molar-refractivity contribution in [2.75, 3.05) is 13.1 Å². The Labute approximate surface area is 136 Å². The molecule has 0 aromatic heterocycles. The largest absolute Gasteiger partial charge is 0.356 e. The van der Waals surface area contributed by atoms with E-state index in [2.05, 4.69) is 41.8 Å². The number of nitrogens with one attached hydrogen (secondary N) is 2. The first kappa shape index (κ1) is 17.2. The molecule has 3 nitrogen and oxygen atoms in total. The van der Waals surface area contributed by atoms with Crippen molar-refractivity contribution < 1.29 is 9.18 Å². The molecule has 1 amide bonds. The number of carbonyl (C=O) groups is 1. The highest BCUT2D eigenvalue weighted by atomic mass is 19.1. The van der Waals surface area contributed by atoms with E-state index in [9.17, 15) is 9.18 Å². The minimum Gasteiger partial charge on any atom is -0.356 e. The molecule has 0 spiro atoms. The number of hydrogen-bond donors (Lipinski definition) is 2. The average Bonchev–Trinajstić information content (AvgIpc) is 2.55. The smallest absolute Gasteiger partial charge is 0.221 e. The third kappa shape index (κ3) is 6.20. The zero-order chi connectivity index (χ0) is 16.5. The Morgan fingerprint density at radius 3 is 2.52 bits per heavy atom. The van der Waals surface area contributed by atoms with Gasteiger partial charge in [0.05, 0.1) is 0 Å². The Balaban J connectivity index is 1.58. The molecule has 0 aliphatic carbocycles. The molecular weight excluding hydrogens is 291 g/mol. The summed E-state index contributed by atoms with van der Waals surface area (Å²) in [5, 5.41) is 6.07. The molecule has 0 bridgehead atoms. The Morgan fingerprint density at radius 1 is 1.04 bits per heavy atom. The quantitative estimate of drug-likeness (QED) is 0.736. The average molecular weight is 314 g/mol. The predicted octanol–water partition coefficient (Wildman–Crippen LogP) is 2.97. The molecule has 2 rings (SSSR count). The van der Waals surface area contributed by atoms with Crippen molar-refractivity contribution in [2.45, 2.75) is 26.3 Å². The van der Waals surface area contributed by atoms with Crippen molar-refractivity contribution in [1.29, 1.82) is 0 Å². The molecule has 4 heteroatoms. The van der Waals surface area contributed by atoms with Crippen LogP contribution in [-0.2, 0) is 17.8 Å². The number of amides is 1. The highest BCUT2D eigenvalue weighted by Crippen LogP contribution is 2.06. The summed E-state index contributed by atoms with van der Waals surface area (Å²) in [6.07, 6.45) is 0.929. The van der Waals surface area contributed by atoms with Crippen LogP contribution in [0.5, 0.6) is 0 Å². The van der Waals surface area contributed by atoms with E-state index in [1.165, 1.54) is 17.2 Å². The van der Waals surface area contributed by atoms with Crippen molar-refractivity contribution in [3.05, 3.63) is 71.0 Å². The molecule has 2 N–H and O–H groups in total. The van der Waals surface area contributed by atoms with E-state index in [1.807, 2.05) is 0 Å². The molecule has 0 fully saturated rings. The summed E-state index contributed by atoms with van der Waals surface area (Å²) < 4.78 is 13.4. The monoisotopic (exact) mass is 314 g/mol. The summed E-state index contributed by atoms with van der Waals surface area (Å²) in [5.74, 6) is -0.237. The fraction of sp³-hybridized carbons (Fsp3) is 0.316. The molecule has 0 aliphatic heterocycles. The maximum Gasteiger partial charge on any atom is 0.221 e. The fourth-order valence-corrected chi connectivity index (χ4v) is 2.27. The number of hydrogen-bond acceptors (Lipinski definition) is 2. The molecular formula is C19H23FN2O. The van der Waals surface area contributed by atoms with Gasteiger partial charge in [0.25, 0.3) is 0 Å². The van der Waals surface area contributed by atoms with E-state index in [4.69, 9.17) is 0 Å². The van der Waals surface area contributed by atoms with Crippen LogP contribution in [0.3, 0.4) is 0 Å². The Bertz CT molecular complexity index is 626. The molecule has 2 aromatic carbocycles. The van der Waals surface area contributed by atoms with Crippen molar-refractivity contribution in [3.8, 4) is 0 Å². The Kier molecular flexibility index (Phi) is 6.76. The first-order chi connectivity index (χ1) is 11.1. The molecule has 2 aromatic rings. The number of rotatable bonds is 8. The minimum absolute atomic E-state index is 0.0160. The number of carbonyl (C=O) groups excluding carboxylic acids is 1. The van der Waals surface area contributed by atoms with Gasteiger partial charge < -0.3 is 10.6 Å². The first-order valence-corrected chi connectivity index (χ1v) is 7.91. The molecule has 0 unspecified atom stereocenters. The summed E-state index contributed by atoms with van der Waals surface area (Å²) >= 11 is 0. The lowest BCUT2D eigenvalue weighted by Gasteiger charge is -2.07. The van der Waals surface area contributed by atoms with Gasteiger partial charge in [0, 0.05) is 26.1 Å². The van der Waals surface area contributed by atoms with Crippen molar-refractivity contribution in [1.82, 2.24) is 10.6 Å². The second-order valence-corrected chi connectivity index (χ2v) is 5.60. The molecule has 0 aliphatic rings. The van der Waals surface area contributed by atoms with Crippen LogP contribution in [0.1, 0.15) is 23.1 Å². The lowest BCUT2D eigenvalue weighted by Crippen LogP contribution is -2.29. The third-order valence-electron chi connectivity index (χ3n) is 3.65. The van der Waals surface area contributed by atoms with Gasteiger partial charge in [0.1, 0.15) is 5.82 Å². The maximum absolute atomic E-state index is 13.4. The summed E-state index contributed by atoms with van der Waals surface area (Å²) in [4.78, 5) is 11.7. The highest BCUT2D eigenvalue weighted by Gasteiger charge is 2.03. The van der Waals surface area contributed by atoms with E-state index in [0.717, 1.165) is 6.54 Å². The molecule has 0 heterocycles. The lowest BCUT2D eigenvalue weighted by molar-refractivity contribution is -0.120. The number of halogens is 1. The van der Waals surface area contributed by atoms with Crippen LogP contribution >= 0.6 is 0 Å². The lowest BCUT2D eigenvalue weighted by atomic mass is 10.1. The van der Waals surface area contributed by atoms with E-state index in [0.29, 0.717) is 31.5 Å². The fourth-order valence-electron chi connectivity index (χ4n) is 2.27. The molecule has 0 saturated carbocycles. The van der Waals surface area contributed by atoms with Gasteiger partial charge in [-0.25, -0.2) is 4.39 Å². The zero-order valence-corrected chi connectivity index (χ0v) is 13.4. The van der Waals surface area contributed by atoms with Crippen LogP contribution in [0.15, 0.2) is 48.5 Å². The van der Waals surface area contributed by atoms with Gasteiger partial charge >= 0.3 is 0 Å². The van der Waals surface area contributed by atoms with Crippen LogP contribution in [0.4, 0.5) is 4.39 Å². The van der Waals surface area contributed by atoms with Crippen molar-refractivity contribution in [3.63, 3.8) is 0 Å². The summed E-state index contributed by atoms with van der Waals surface area (Å²) in [6, 6.07) is 15.0. The van der Waals surface area contributed by atoms with Crippen LogP contribution < -0.4 is 10.6 Å². The van der Waals surface area contributed by atoms with Crippen LogP contribution in [0.2, 0.25) is 0 Å². The zero-order valence-electron chi connectivity index (χ0n) is 13.4. The molecule has 122 valence electrons. The number of benzene rings is 2. The van der Waals surface area contributed by atoms with Crippen LogP contribution in [-0.4, -0.2) is 19.0 Å². The van der Waals surface area contributed by atoms with Gasteiger partial charge in [-0.1, -0.05) is 48.0 Å². The third-order valence-corrected chi connectivity index (χ3v) is 3.65. The van der Waals surface area contributed by atoms with Gasteiger partial charge in [0.2, 0.25) is 5.91 Å². The summed E-state index contributed by atoms with van der Waals surface area (Å²) in [7, 11) is 0. The van der Waals surface area contributed by atoms with Gasteiger partial charge in [-0.15, -0.1) is 0 Å². The van der Waals surface area contributed by atoms with E-state index < -0.39 is 0 Å². The molecule has 0 saturated heterocycles. The van der Waals surface area contributed by atoms with Gasteiger partial charge in [-0.05, 0) is 30.5 Å². The SMILES string of the molecule is Cc1ccc(CNCCC(=O)NCCc2ccccc2F)cc1. The van der Waals surface area contributed by atoms with Gasteiger partial charge in [0.15, 0.2) is 0 Å². The molecule has 23 heavy (non-hydrogen) atoms. The van der Waals surface area contributed by atoms with Crippen LogP contribution in [0.25, 0.3) is 0 Å². The predicted molar refractivity (Wildman–Crippen MR) is 90.6 cm³/mol. The first-order valence-electron chi connectivity index (χ1n) is 7.91. The summed E-state index contributed by atoms with van der Waals surface area (Å²) in [6.45, 7) is 3.89. The number of aryl methyl sites for hydroxylation is 1. The maximum atomic E-state index is 13.4. The van der Waals surface area contributed by atoms with E-state index in [-0.39, 0.29) is 11.7 Å². The normalized spacial score (nSPS) is 10.5. The molecule has 0 radical (unpaired) electrons. The standard InChI is InChI=1S/C19H23FN2O/c1-15-6-8-16(9-7-15)14-21-12-11-19(23)22-13-10-17-4-2-3-5-18(17)20/h2-9,21H,10-14H2,1H3,(H,22,23).